The van der Waals surface area contributed by atoms with E-state index < -0.39 is 11.7 Å². The van der Waals surface area contributed by atoms with Crippen LogP contribution in [0.25, 0.3) is 0 Å². The molecule has 0 saturated heterocycles. The Kier molecular flexibility index (Phi) is 6.41. The number of carbonyl (C=O) groups excluding carboxylic acids is 2. The summed E-state index contributed by atoms with van der Waals surface area (Å²) in [6.45, 7) is 7.49. The van der Waals surface area contributed by atoms with Crippen molar-refractivity contribution in [3.63, 3.8) is 0 Å². The van der Waals surface area contributed by atoms with Gasteiger partial charge in [0.2, 0.25) is 0 Å². The molecule has 1 aliphatic rings. The van der Waals surface area contributed by atoms with Crippen molar-refractivity contribution in [2.75, 3.05) is 10.6 Å². The number of fused-ring (bicyclic) bond motifs is 1. The Morgan fingerprint density at radius 1 is 1.10 bits per heavy atom. The summed E-state index contributed by atoms with van der Waals surface area (Å²) in [4.78, 5) is 24.5. The summed E-state index contributed by atoms with van der Waals surface area (Å²) >= 11 is 5.89. The molecule has 7 nitrogen and oxygen atoms in total. The van der Waals surface area contributed by atoms with Crippen LogP contribution in [-0.4, -0.2) is 23.8 Å². The summed E-state index contributed by atoms with van der Waals surface area (Å²) in [5.41, 5.74) is 1.52. The molecular formula is C22H26ClN3O4. The summed E-state index contributed by atoms with van der Waals surface area (Å²) in [6.07, 6.45) is -0.196. The maximum Gasteiger partial charge on any atom is 0.411 e. The van der Waals surface area contributed by atoms with E-state index in [-0.39, 0.29) is 18.2 Å². The molecule has 8 heteroatoms. The van der Waals surface area contributed by atoms with Crippen molar-refractivity contribution in [3.8, 4) is 5.75 Å². The molecule has 0 radical (unpaired) electrons. The number of nitrogens with one attached hydrogen (secondary N) is 3. The summed E-state index contributed by atoms with van der Waals surface area (Å²) in [5, 5.41) is 9.10. The summed E-state index contributed by atoms with van der Waals surface area (Å²) in [6, 6.07) is 11.5. The Labute approximate surface area is 181 Å². The van der Waals surface area contributed by atoms with Crippen molar-refractivity contribution in [3.05, 3.63) is 53.1 Å². The minimum Gasteiger partial charge on any atom is -0.487 e. The van der Waals surface area contributed by atoms with Gasteiger partial charge in [-0.15, -0.1) is 0 Å². The van der Waals surface area contributed by atoms with E-state index in [1.807, 2.05) is 13.8 Å². The highest BCUT2D eigenvalue weighted by molar-refractivity contribution is 6.30. The zero-order chi connectivity index (χ0) is 21.9. The maximum atomic E-state index is 12.6. The molecule has 1 aliphatic heterocycles. The summed E-state index contributed by atoms with van der Waals surface area (Å²) in [5.74, 6) is 0.658. The molecule has 0 aliphatic carbocycles. The molecule has 1 heterocycles. The zero-order valence-corrected chi connectivity index (χ0v) is 18.2. The second-order valence-corrected chi connectivity index (χ2v) is 8.49. The van der Waals surface area contributed by atoms with E-state index in [1.165, 1.54) is 0 Å². The number of carbonyl (C=O) groups is 2. The van der Waals surface area contributed by atoms with Gasteiger partial charge in [0.25, 0.3) is 0 Å². The fourth-order valence-electron chi connectivity index (χ4n) is 3.28. The van der Waals surface area contributed by atoms with Crippen LogP contribution in [-0.2, 0) is 4.74 Å². The van der Waals surface area contributed by atoms with E-state index in [9.17, 15) is 9.59 Å². The lowest BCUT2D eigenvalue weighted by Crippen LogP contribution is -2.42. The average molecular weight is 432 g/mol. The molecule has 0 bridgehead atoms. The molecule has 1 unspecified atom stereocenters. The van der Waals surface area contributed by atoms with Crippen molar-refractivity contribution in [1.82, 2.24) is 5.32 Å². The maximum absolute atomic E-state index is 12.6. The molecule has 0 fully saturated rings. The zero-order valence-electron chi connectivity index (χ0n) is 17.4. The first-order chi connectivity index (χ1) is 14.1. The second-order valence-electron chi connectivity index (χ2n) is 8.06. The van der Waals surface area contributed by atoms with E-state index in [1.54, 1.807) is 56.3 Å². The molecule has 0 spiro atoms. The summed E-state index contributed by atoms with van der Waals surface area (Å²) in [7, 11) is 0. The number of hydrogen-bond acceptors (Lipinski definition) is 4. The van der Waals surface area contributed by atoms with Crippen LogP contribution in [0.15, 0.2) is 42.5 Å². The number of urea groups is 1. The van der Waals surface area contributed by atoms with Gasteiger partial charge < -0.3 is 20.1 Å². The van der Waals surface area contributed by atoms with Gasteiger partial charge in [-0.2, -0.15) is 0 Å². The number of halogens is 1. The van der Waals surface area contributed by atoms with E-state index in [4.69, 9.17) is 21.1 Å². The van der Waals surface area contributed by atoms with Gasteiger partial charge in [0.15, 0.2) is 0 Å². The number of anilines is 2. The van der Waals surface area contributed by atoms with Gasteiger partial charge in [-0.1, -0.05) is 11.6 Å². The molecule has 2 aromatic carbocycles. The van der Waals surface area contributed by atoms with Gasteiger partial charge in [0, 0.05) is 28.4 Å². The van der Waals surface area contributed by atoms with Crippen LogP contribution >= 0.6 is 11.6 Å². The first-order valence-corrected chi connectivity index (χ1v) is 10.1. The number of rotatable bonds is 4. The smallest absolute Gasteiger partial charge is 0.411 e. The molecule has 30 heavy (non-hydrogen) atoms. The SMILES string of the molecule is CC(C)OC(=O)Nc1ccc2c(c1)C(NC(=O)Nc1ccc(Cl)cc1)CC(C)(C)O2. The Bertz CT molecular complexity index is 928. The fourth-order valence-corrected chi connectivity index (χ4v) is 3.41. The molecule has 3 amide bonds. The lowest BCUT2D eigenvalue weighted by molar-refractivity contribution is 0.0683. The second kappa shape index (κ2) is 8.83. The average Bonchev–Trinajstić information content (AvgIpc) is 2.62. The third kappa shape index (κ3) is 5.79. The van der Waals surface area contributed by atoms with Crippen molar-refractivity contribution < 1.29 is 19.1 Å². The Hall–Kier alpha value is -2.93. The highest BCUT2D eigenvalue weighted by atomic mass is 35.5. The van der Waals surface area contributed by atoms with Crippen LogP contribution in [0.3, 0.4) is 0 Å². The molecule has 160 valence electrons. The van der Waals surface area contributed by atoms with Gasteiger partial charge in [0.05, 0.1) is 12.1 Å². The Morgan fingerprint density at radius 3 is 2.43 bits per heavy atom. The van der Waals surface area contributed by atoms with Gasteiger partial charge >= 0.3 is 12.1 Å². The lowest BCUT2D eigenvalue weighted by atomic mass is 9.89. The van der Waals surface area contributed by atoms with Crippen molar-refractivity contribution in [2.45, 2.75) is 51.9 Å². The largest absolute Gasteiger partial charge is 0.487 e. The van der Waals surface area contributed by atoms with Gasteiger partial charge in [-0.3, -0.25) is 5.32 Å². The van der Waals surface area contributed by atoms with Crippen molar-refractivity contribution >= 4 is 35.1 Å². The topological polar surface area (TPSA) is 88.7 Å². The van der Waals surface area contributed by atoms with Crippen LogP contribution in [0.2, 0.25) is 5.02 Å². The van der Waals surface area contributed by atoms with E-state index in [0.717, 1.165) is 5.56 Å². The highest BCUT2D eigenvalue weighted by Crippen LogP contribution is 2.40. The number of ether oxygens (including phenoxy) is 2. The number of hydrogen-bond donors (Lipinski definition) is 3. The molecule has 0 aromatic heterocycles. The van der Waals surface area contributed by atoms with Crippen LogP contribution in [0.1, 0.15) is 45.7 Å². The minimum atomic E-state index is -0.535. The number of amides is 3. The van der Waals surface area contributed by atoms with Gasteiger partial charge in [-0.05, 0) is 70.2 Å². The molecule has 3 N–H and O–H groups in total. The van der Waals surface area contributed by atoms with E-state index in [2.05, 4.69) is 16.0 Å². The minimum absolute atomic E-state index is 0.224. The third-order valence-electron chi connectivity index (χ3n) is 4.46. The number of benzene rings is 2. The normalized spacial score (nSPS) is 16.8. The predicted molar refractivity (Wildman–Crippen MR) is 117 cm³/mol. The van der Waals surface area contributed by atoms with Gasteiger partial charge in [-0.25, -0.2) is 9.59 Å². The van der Waals surface area contributed by atoms with Crippen LogP contribution in [0.4, 0.5) is 21.0 Å². The lowest BCUT2D eigenvalue weighted by Gasteiger charge is -2.38. The standard InChI is InChI=1S/C22H26ClN3O4/c1-13(2)29-21(28)25-16-9-10-19-17(11-16)18(12-22(3,4)30-19)26-20(27)24-15-7-5-14(23)6-8-15/h5-11,13,18H,12H2,1-4H3,(H,25,28)(H2,24,26,27). The molecule has 0 saturated carbocycles. The quantitative estimate of drug-likeness (QED) is 0.577. The molecular weight excluding hydrogens is 406 g/mol. The van der Waals surface area contributed by atoms with E-state index >= 15 is 0 Å². The third-order valence-corrected chi connectivity index (χ3v) is 4.72. The monoisotopic (exact) mass is 431 g/mol. The van der Waals surface area contributed by atoms with Crippen molar-refractivity contribution in [1.29, 1.82) is 0 Å². The first kappa shape index (κ1) is 21.8. The Morgan fingerprint density at radius 2 is 1.77 bits per heavy atom. The van der Waals surface area contributed by atoms with E-state index in [0.29, 0.717) is 28.6 Å². The summed E-state index contributed by atoms with van der Waals surface area (Å²) < 4.78 is 11.2. The highest BCUT2D eigenvalue weighted by Gasteiger charge is 2.35. The molecule has 3 rings (SSSR count). The first-order valence-electron chi connectivity index (χ1n) is 9.75. The van der Waals surface area contributed by atoms with Crippen LogP contribution in [0, 0.1) is 0 Å². The van der Waals surface area contributed by atoms with Crippen LogP contribution < -0.4 is 20.7 Å². The van der Waals surface area contributed by atoms with Crippen molar-refractivity contribution in [2.24, 2.45) is 0 Å². The van der Waals surface area contributed by atoms with Crippen LogP contribution in [0.5, 0.6) is 5.75 Å². The predicted octanol–water partition coefficient (Wildman–Crippen LogP) is 5.72. The Balaban J connectivity index is 1.77. The fraction of sp³-hybridized carbons (Fsp3) is 0.364. The molecule has 2 aromatic rings. The van der Waals surface area contributed by atoms with Gasteiger partial charge in [0.1, 0.15) is 11.4 Å². The molecule has 1 atom stereocenters.